The van der Waals surface area contributed by atoms with Crippen LogP contribution in [0.1, 0.15) is 26.3 Å². The lowest BCUT2D eigenvalue weighted by atomic mass is 10.2. The molecule has 22 heavy (non-hydrogen) atoms. The SMILES string of the molecule is CC(C)(C)[Si](C)(C)OC[C@@H]1[C@H](CO)N1OCc1ccccc1. The van der Waals surface area contributed by atoms with Crippen molar-refractivity contribution < 1.29 is 14.4 Å². The zero-order chi connectivity index (χ0) is 16.4. The quantitative estimate of drug-likeness (QED) is 0.618. The maximum absolute atomic E-state index is 9.47. The maximum Gasteiger partial charge on any atom is 0.192 e. The van der Waals surface area contributed by atoms with Gasteiger partial charge in [-0.15, -0.1) is 0 Å². The second-order valence-corrected chi connectivity index (χ2v) is 12.3. The fourth-order valence-corrected chi connectivity index (χ4v) is 3.14. The number of hydrogen-bond donors (Lipinski definition) is 1. The smallest absolute Gasteiger partial charge is 0.192 e. The van der Waals surface area contributed by atoms with Crippen molar-refractivity contribution in [1.82, 2.24) is 5.06 Å². The summed E-state index contributed by atoms with van der Waals surface area (Å²) in [6.45, 7) is 12.5. The van der Waals surface area contributed by atoms with Crippen molar-refractivity contribution in [1.29, 1.82) is 0 Å². The average molecular weight is 324 g/mol. The van der Waals surface area contributed by atoms with Gasteiger partial charge in [0.15, 0.2) is 8.32 Å². The third-order valence-corrected chi connectivity index (χ3v) is 9.34. The van der Waals surface area contributed by atoms with Gasteiger partial charge in [0, 0.05) is 0 Å². The van der Waals surface area contributed by atoms with E-state index < -0.39 is 8.32 Å². The lowest BCUT2D eigenvalue weighted by Crippen LogP contribution is -2.42. The normalized spacial score (nSPS) is 25.3. The molecule has 1 aromatic rings. The van der Waals surface area contributed by atoms with E-state index >= 15 is 0 Å². The Hall–Kier alpha value is -0.723. The van der Waals surface area contributed by atoms with Gasteiger partial charge in [-0.25, -0.2) is 0 Å². The van der Waals surface area contributed by atoms with Crippen LogP contribution >= 0.6 is 0 Å². The van der Waals surface area contributed by atoms with Crippen LogP contribution in [0.2, 0.25) is 18.1 Å². The van der Waals surface area contributed by atoms with E-state index in [-0.39, 0.29) is 23.7 Å². The van der Waals surface area contributed by atoms with Crippen LogP contribution in [0, 0.1) is 0 Å². The Balaban J connectivity index is 1.82. The van der Waals surface area contributed by atoms with Gasteiger partial charge in [-0.3, -0.25) is 4.84 Å². The Morgan fingerprint density at radius 3 is 2.32 bits per heavy atom. The lowest BCUT2D eigenvalue weighted by Gasteiger charge is -2.36. The molecular weight excluding hydrogens is 294 g/mol. The Bertz CT molecular complexity index is 473. The number of hydrogen-bond acceptors (Lipinski definition) is 4. The van der Waals surface area contributed by atoms with Crippen molar-refractivity contribution in [2.24, 2.45) is 0 Å². The molecule has 1 aliphatic heterocycles. The molecule has 1 aliphatic rings. The second kappa shape index (κ2) is 6.80. The molecule has 1 heterocycles. The maximum atomic E-state index is 9.47. The van der Waals surface area contributed by atoms with Crippen molar-refractivity contribution in [2.45, 2.75) is 57.6 Å². The summed E-state index contributed by atoms with van der Waals surface area (Å²) >= 11 is 0. The van der Waals surface area contributed by atoms with E-state index in [2.05, 4.69) is 33.9 Å². The first-order valence-corrected chi connectivity index (χ1v) is 10.9. The van der Waals surface area contributed by atoms with Crippen LogP contribution < -0.4 is 0 Å². The first-order valence-electron chi connectivity index (χ1n) is 7.96. The zero-order valence-electron chi connectivity index (χ0n) is 14.4. The van der Waals surface area contributed by atoms with E-state index in [1.54, 1.807) is 0 Å². The number of hydroxylamine groups is 2. The van der Waals surface area contributed by atoms with Gasteiger partial charge in [-0.1, -0.05) is 51.1 Å². The van der Waals surface area contributed by atoms with E-state index in [4.69, 9.17) is 9.26 Å². The highest BCUT2D eigenvalue weighted by atomic mass is 28.4. The van der Waals surface area contributed by atoms with Gasteiger partial charge in [-0.05, 0) is 23.7 Å². The van der Waals surface area contributed by atoms with Gasteiger partial charge in [0.25, 0.3) is 0 Å². The van der Waals surface area contributed by atoms with E-state index in [1.807, 2.05) is 35.4 Å². The van der Waals surface area contributed by atoms with Crippen LogP contribution in [0.25, 0.3) is 0 Å². The Kier molecular flexibility index (Phi) is 5.45. The molecule has 0 aliphatic carbocycles. The van der Waals surface area contributed by atoms with Gasteiger partial charge >= 0.3 is 0 Å². The van der Waals surface area contributed by atoms with Gasteiger partial charge in [0.05, 0.1) is 31.9 Å². The van der Waals surface area contributed by atoms with Crippen LogP contribution in [-0.2, 0) is 15.9 Å². The first-order chi connectivity index (χ1) is 10.3. The molecule has 5 heteroatoms. The van der Waals surface area contributed by atoms with E-state index in [0.29, 0.717) is 13.2 Å². The molecular formula is C17H29NO3Si. The molecule has 4 nitrogen and oxygen atoms in total. The molecule has 124 valence electrons. The summed E-state index contributed by atoms with van der Waals surface area (Å²) in [5, 5.41) is 11.5. The Morgan fingerprint density at radius 1 is 1.14 bits per heavy atom. The highest BCUT2D eigenvalue weighted by Crippen LogP contribution is 2.38. The van der Waals surface area contributed by atoms with Crippen LogP contribution in [0.5, 0.6) is 0 Å². The fraction of sp³-hybridized carbons (Fsp3) is 0.647. The minimum absolute atomic E-state index is 0.0634. The number of aliphatic hydroxyl groups is 1. The first kappa shape index (κ1) is 17.6. The summed E-state index contributed by atoms with van der Waals surface area (Å²) in [5.41, 5.74) is 1.13. The number of benzene rings is 1. The predicted molar refractivity (Wildman–Crippen MR) is 90.9 cm³/mol. The summed E-state index contributed by atoms with van der Waals surface area (Å²) in [5.74, 6) is 0. The molecule has 2 rings (SSSR count). The summed E-state index contributed by atoms with van der Waals surface area (Å²) in [6.07, 6.45) is 0. The molecule has 0 aromatic heterocycles. The van der Waals surface area contributed by atoms with Gasteiger partial charge < -0.3 is 9.53 Å². The van der Waals surface area contributed by atoms with E-state index in [9.17, 15) is 5.11 Å². The largest absolute Gasteiger partial charge is 0.415 e. The molecule has 0 spiro atoms. The molecule has 3 atom stereocenters. The number of rotatable bonds is 7. The number of nitrogens with zero attached hydrogens (tertiary/aromatic N) is 1. The van der Waals surface area contributed by atoms with Gasteiger partial charge in [0.2, 0.25) is 0 Å². The molecule has 0 radical (unpaired) electrons. The fourth-order valence-electron chi connectivity index (χ4n) is 2.12. The van der Waals surface area contributed by atoms with E-state index in [0.717, 1.165) is 5.56 Å². The molecule has 1 aromatic carbocycles. The molecule has 1 saturated heterocycles. The summed E-state index contributed by atoms with van der Waals surface area (Å²) < 4.78 is 6.24. The third kappa shape index (κ3) is 4.17. The molecule has 1 fully saturated rings. The summed E-state index contributed by atoms with van der Waals surface area (Å²) in [6, 6.07) is 10.3. The van der Waals surface area contributed by atoms with Crippen molar-refractivity contribution >= 4 is 8.32 Å². The van der Waals surface area contributed by atoms with Crippen LogP contribution in [0.15, 0.2) is 30.3 Å². The average Bonchev–Trinajstić information content (AvgIpc) is 3.15. The predicted octanol–water partition coefficient (Wildman–Crippen LogP) is 3.19. The Labute approximate surface area is 135 Å². The highest BCUT2D eigenvalue weighted by molar-refractivity contribution is 6.74. The summed E-state index contributed by atoms with van der Waals surface area (Å²) in [7, 11) is -1.75. The van der Waals surface area contributed by atoms with Gasteiger partial charge in [0.1, 0.15) is 0 Å². The lowest BCUT2D eigenvalue weighted by molar-refractivity contribution is -0.103. The summed E-state index contributed by atoms with van der Waals surface area (Å²) in [4.78, 5) is 5.81. The molecule has 0 amide bonds. The standard InChI is InChI=1S/C17H29NO3Si/c1-17(2,3)22(4,5)21-13-16-15(11-19)18(16)20-12-14-9-7-6-8-10-14/h6-10,15-16,19H,11-13H2,1-5H3/t15-,16+,18?/m0/s1. The monoisotopic (exact) mass is 323 g/mol. The van der Waals surface area contributed by atoms with Crippen molar-refractivity contribution in [3.05, 3.63) is 35.9 Å². The number of aliphatic hydroxyl groups excluding tert-OH is 1. The minimum Gasteiger partial charge on any atom is -0.415 e. The van der Waals surface area contributed by atoms with Crippen LogP contribution in [0.4, 0.5) is 0 Å². The molecule has 0 saturated carbocycles. The third-order valence-electron chi connectivity index (χ3n) is 4.84. The van der Waals surface area contributed by atoms with Gasteiger partial charge in [-0.2, -0.15) is 5.06 Å². The topological polar surface area (TPSA) is 41.7 Å². The molecule has 1 N–H and O–H groups in total. The highest BCUT2D eigenvalue weighted by Gasteiger charge is 2.50. The van der Waals surface area contributed by atoms with Crippen LogP contribution in [0.3, 0.4) is 0 Å². The van der Waals surface area contributed by atoms with Crippen LogP contribution in [-0.4, -0.2) is 43.8 Å². The minimum atomic E-state index is -1.75. The van der Waals surface area contributed by atoms with Crippen molar-refractivity contribution in [3.8, 4) is 0 Å². The Morgan fingerprint density at radius 2 is 1.77 bits per heavy atom. The second-order valence-electron chi connectivity index (χ2n) is 7.51. The van der Waals surface area contributed by atoms with E-state index in [1.165, 1.54) is 0 Å². The molecule has 1 unspecified atom stereocenters. The molecule has 0 bridgehead atoms. The van der Waals surface area contributed by atoms with Crippen molar-refractivity contribution in [3.63, 3.8) is 0 Å². The van der Waals surface area contributed by atoms with Crippen molar-refractivity contribution in [2.75, 3.05) is 13.2 Å². The zero-order valence-corrected chi connectivity index (χ0v) is 15.4.